The first-order chi connectivity index (χ1) is 15.4. The molecule has 8 heteroatoms. The predicted octanol–water partition coefficient (Wildman–Crippen LogP) is 4.23. The summed E-state index contributed by atoms with van der Waals surface area (Å²) in [6, 6.07) is 7.95. The first-order valence-electron chi connectivity index (χ1n) is 11.3. The van der Waals surface area contributed by atoms with E-state index in [-0.39, 0.29) is 30.8 Å². The average Bonchev–Trinajstić information content (AvgIpc) is 3.54. The highest BCUT2D eigenvalue weighted by Crippen LogP contribution is 2.31. The number of carboxylic acids is 1. The predicted molar refractivity (Wildman–Crippen MR) is 118 cm³/mol. The molecule has 172 valence electrons. The molecule has 8 nitrogen and oxygen atoms in total. The third kappa shape index (κ3) is 4.89. The number of ether oxygens (including phenoxy) is 2. The lowest BCUT2D eigenvalue weighted by atomic mass is 10.1. The summed E-state index contributed by atoms with van der Waals surface area (Å²) in [5.74, 6) is -0.335. The van der Waals surface area contributed by atoms with Gasteiger partial charge in [-0.25, -0.2) is 4.79 Å². The van der Waals surface area contributed by atoms with Crippen molar-refractivity contribution in [2.24, 2.45) is 13.0 Å². The maximum Gasteiger partial charge on any atom is 0.410 e. The van der Waals surface area contributed by atoms with E-state index >= 15 is 0 Å². The summed E-state index contributed by atoms with van der Waals surface area (Å²) < 4.78 is 13.3. The molecule has 2 atom stereocenters. The zero-order chi connectivity index (χ0) is 22.7. The van der Waals surface area contributed by atoms with Crippen LogP contribution in [0.15, 0.2) is 30.5 Å². The van der Waals surface area contributed by atoms with Crippen molar-refractivity contribution in [3.8, 4) is 16.9 Å². The van der Waals surface area contributed by atoms with Gasteiger partial charge in [-0.05, 0) is 49.8 Å². The molecule has 0 radical (unpaired) electrons. The number of hydrogen-bond donors (Lipinski definition) is 1. The van der Waals surface area contributed by atoms with Crippen molar-refractivity contribution < 1.29 is 24.2 Å². The van der Waals surface area contributed by atoms with E-state index in [0.717, 1.165) is 54.7 Å². The lowest BCUT2D eigenvalue weighted by Gasteiger charge is -2.23. The maximum atomic E-state index is 12.5. The first kappa shape index (κ1) is 22.2. The fourth-order valence-corrected chi connectivity index (χ4v) is 4.72. The van der Waals surface area contributed by atoms with Gasteiger partial charge in [0, 0.05) is 25.7 Å². The van der Waals surface area contributed by atoms with E-state index in [1.165, 1.54) is 0 Å². The van der Waals surface area contributed by atoms with Crippen LogP contribution in [-0.4, -0.2) is 51.0 Å². The van der Waals surface area contributed by atoms with Gasteiger partial charge in [0.25, 0.3) is 0 Å². The summed E-state index contributed by atoms with van der Waals surface area (Å²) in [4.78, 5) is 25.3. The standard InChI is InChI=1S/C24H31N3O5/c1-26(18-5-3-4-6-18)24(30)31-15-22-21(14-25-27(22)2)16-7-10-19(11-8-16)32-20-12-9-17(13-20)23(28)29/h7-8,10-11,14,17-18,20H,3-6,9,12-13,15H2,1-2H3,(H,28,29)/t17-,20-/m0/s1. The number of hydrogen-bond acceptors (Lipinski definition) is 5. The number of carbonyl (C=O) groups excluding carboxylic acids is 1. The highest BCUT2D eigenvalue weighted by atomic mass is 16.6. The zero-order valence-corrected chi connectivity index (χ0v) is 18.7. The molecule has 1 aromatic heterocycles. The first-order valence-corrected chi connectivity index (χ1v) is 11.3. The molecular weight excluding hydrogens is 410 g/mol. The lowest BCUT2D eigenvalue weighted by Crippen LogP contribution is -2.35. The Hall–Kier alpha value is -3.03. The van der Waals surface area contributed by atoms with Gasteiger partial charge < -0.3 is 19.5 Å². The molecule has 32 heavy (non-hydrogen) atoms. The zero-order valence-electron chi connectivity index (χ0n) is 18.7. The molecule has 1 amide bonds. The van der Waals surface area contributed by atoms with E-state index in [0.29, 0.717) is 12.8 Å². The van der Waals surface area contributed by atoms with Gasteiger partial charge in [-0.1, -0.05) is 25.0 Å². The van der Waals surface area contributed by atoms with Gasteiger partial charge >= 0.3 is 12.1 Å². The van der Waals surface area contributed by atoms with Crippen molar-refractivity contribution in [1.82, 2.24) is 14.7 Å². The normalized spacial score (nSPS) is 20.9. The van der Waals surface area contributed by atoms with Gasteiger partial charge in [0.15, 0.2) is 0 Å². The van der Waals surface area contributed by atoms with Crippen LogP contribution in [-0.2, 0) is 23.2 Å². The summed E-state index contributed by atoms with van der Waals surface area (Å²) >= 11 is 0. The monoisotopic (exact) mass is 441 g/mol. The number of carbonyl (C=O) groups is 2. The van der Waals surface area contributed by atoms with Gasteiger partial charge in [-0.2, -0.15) is 5.10 Å². The number of nitrogens with zero attached hydrogens (tertiary/aromatic N) is 3. The highest BCUT2D eigenvalue weighted by molar-refractivity contribution is 5.70. The summed E-state index contributed by atoms with van der Waals surface area (Å²) in [6.07, 6.45) is 7.76. The number of rotatable bonds is 7. The van der Waals surface area contributed by atoms with Crippen molar-refractivity contribution in [3.05, 3.63) is 36.2 Å². The number of carboxylic acid groups (broad SMARTS) is 1. The summed E-state index contributed by atoms with van der Waals surface area (Å²) in [5, 5.41) is 13.5. The van der Waals surface area contributed by atoms with Crippen LogP contribution in [0.2, 0.25) is 0 Å². The Kier molecular flexibility index (Phi) is 6.67. The second kappa shape index (κ2) is 9.63. The minimum absolute atomic E-state index is 0.0628. The molecule has 0 spiro atoms. The number of aromatic nitrogens is 2. The van der Waals surface area contributed by atoms with Gasteiger partial charge in [-0.3, -0.25) is 9.48 Å². The molecule has 1 aromatic carbocycles. The Bertz CT molecular complexity index is 949. The van der Waals surface area contributed by atoms with Crippen LogP contribution in [0.5, 0.6) is 5.75 Å². The highest BCUT2D eigenvalue weighted by Gasteiger charge is 2.31. The minimum Gasteiger partial charge on any atom is -0.490 e. The van der Waals surface area contributed by atoms with Crippen molar-refractivity contribution in [1.29, 1.82) is 0 Å². The molecule has 2 aliphatic carbocycles. The molecule has 0 saturated heterocycles. The molecule has 2 aliphatic rings. The molecule has 0 bridgehead atoms. The van der Waals surface area contributed by atoms with Gasteiger partial charge in [0.05, 0.1) is 23.9 Å². The Morgan fingerprint density at radius 3 is 2.53 bits per heavy atom. The molecule has 1 N–H and O–H groups in total. The SMILES string of the molecule is CN(C(=O)OCc1c(-c2ccc(O[C@H]3CC[C@H](C(=O)O)C3)cc2)cnn1C)C1CCCC1. The summed E-state index contributed by atoms with van der Waals surface area (Å²) in [6.45, 7) is 0.151. The van der Waals surface area contributed by atoms with Gasteiger partial charge in [0.1, 0.15) is 12.4 Å². The molecule has 2 fully saturated rings. The Morgan fingerprint density at radius 2 is 1.88 bits per heavy atom. The fourth-order valence-electron chi connectivity index (χ4n) is 4.72. The van der Waals surface area contributed by atoms with Gasteiger partial charge in [-0.15, -0.1) is 0 Å². The second-order valence-electron chi connectivity index (χ2n) is 8.84. The summed E-state index contributed by atoms with van der Waals surface area (Å²) in [7, 11) is 3.65. The van der Waals surface area contributed by atoms with E-state index < -0.39 is 5.97 Å². The number of benzene rings is 1. The van der Waals surface area contributed by atoms with Crippen LogP contribution in [0.3, 0.4) is 0 Å². The Morgan fingerprint density at radius 1 is 1.16 bits per heavy atom. The second-order valence-corrected chi connectivity index (χ2v) is 8.84. The minimum atomic E-state index is -0.745. The smallest absolute Gasteiger partial charge is 0.410 e. The fraction of sp³-hybridized carbons (Fsp3) is 0.542. The molecule has 2 saturated carbocycles. The Balaban J connectivity index is 1.38. The number of aliphatic carboxylic acids is 1. The van der Waals surface area contributed by atoms with Crippen molar-refractivity contribution >= 4 is 12.1 Å². The molecule has 4 rings (SSSR count). The lowest BCUT2D eigenvalue weighted by molar-refractivity contribution is -0.141. The van der Waals surface area contributed by atoms with Crippen LogP contribution in [0.1, 0.15) is 50.6 Å². The molecule has 0 aliphatic heterocycles. The van der Waals surface area contributed by atoms with E-state index in [1.807, 2.05) is 38.4 Å². The van der Waals surface area contributed by atoms with E-state index in [9.17, 15) is 9.59 Å². The van der Waals surface area contributed by atoms with E-state index in [2.05, 4.69) is 5.10 Å². The Labute approximate surface area is 188 Å². The van der Waals surface area contributed by atoms with E-state index in [1.54, 1.807) is 15.8 Å². The average molecular weight is 442 g/mol. The molecular formula is C24H31N3O5. The summed E-state index contributed by atoms with van der Waals surface area (Å²) in [5.41, 5.74) is 2.68. The quantitative estimate of drug-likeness (QED) is 0.691. The molecule has 2 aromatic rings. The molecule has 0 unspecified atom stereocenters. The number of aryl methyl sites for hydroxylation is 1. The van der Waals surface area contributed by atoms with Crippen LogP contribution in [0, 0.1) is 5.92 Å². The van der Waals surface area contributed by atoms with Crippen molar-refractivity contribution in [2.45, 2.75) is 63.7 Å². The largest absolute Gasteiger partial charge is 0.490 e. The van der Waals surface area contributed by atoms with Crippen molar-refractivity contribution in [3.63, 3.8) is 0 Å². The van der Waals surface area contributed by atoms with Crippen LogP contribution in [0.4, 0.5) is 4.79 Å². The third-order valence-electron chi connectivity index (χ3n) is 6.76. The van der Waals surface area contributed by atoms with Crippen LogP contribution >= 0.6 is 0 Å². The topological polar surface area (TPSA) is 93.9 Å². The van der Waals surface area contributed by atoms with E-state index in [4.69, 9.17) is 14.6 Å². The maximum absolute atomic E-state index is 12.5. The molecule has 1 heterocycles. The van der Waals surface area contributed by atoms with Crippen molar-refractivity contribution in [2.75, 3.05) is 7.05 Å². The van der Waals surface area contributed by atoms with Crippen LogP contribution < -0.4 is 4.74 Å². The third-order valence-corrected chi connectivity index (χ3v) is 6.76. The number of amides is 1. The van der Waals surface area contributed by atoms with Crippen LogP contribution in [0.25, 0.3) is 11.1 Å². The van der Waals surface area contributed by atoms with Gasteiger partial charge in [0.2, 0.25) is 0 Å².